The van der Waals surface area contributed by atoms with E-state index in [-0.39, 0.29) is 0 Å². The molecule has 1 heterocycles. The van der Waals surface area contributed by atoms with E-state index < -0.39 is 0 Å². The van der Waals surface area contributed by atoms with Gasteiger partial charge >= 0.3 is 0 Å². The Balaban J connectivity index is 1.81. The van der Waals surface area contributed by atoms with Crippen LogP contribution in [0.4, 0.5) is 0 Å². The lowest BCUT2D eigenvalue weighted by Gasteiger charge is -2.29. The summed E-state index contributed by atoms with van der Waals surface area (Å²) >= 11 is 0. The highest BCUT2D eigenvalue weighted by Crippen LogP contribution is 2.38. The molecule has 2 nitrogen and oxygen atoms in total. The van der Waals surface area contributed by atoms with Crippen LogP contribution in [0.5, 0.6) is 0 Å². The molecule has 1 N–H and O–H groups in total. The second-order valence-corrected chi connectivity index (χ2v) is 6.59. The van der Waals surface area contributed by atoms with Crippen molar-refractivity contribution in [3.8, 4) is 0 Å². The summed E-state index contributed by atoms with van der Waals surface area (Å²) in [5.74, 6) is 0.981. The Labute approximate surface area is 114 Å². The van der Waals surface area contributed by atoms with E-state index >= 15 is 0 Å². The molecule has 0 bridgehead atoms. The summed E-state index contributed by atoms with van der Waals surface area (Å²) in [5, 5.41) is 3.78. The van der Waals surface area contributed by atoms with Gasteiger partial charge in [0.05, 0.1) is 0 Å². The molecule has 2 aliphatic rings. The van der Waals surface area contributed by atoms with Crippen molar-refractivity contribution in [2.24, 2.45) is 11.3 Å². The molecule has 0 aromatic carbocycles. The number of hydrogen-bond acceptors (Lipinski definition) is 2. The van der Waals surface area contributed by atoms with Gasteiger partial charge in [-0.25, -0.2) is 0 Å². The zero-order valence-corrected chi connectivity index (χ0v) is 12.7. The summed E-state index contributed by atoms with van der Waals surface area (Å²) in [6.07, 6.45) is 8.32. The molecule has 1 aliphatic carbocycles. The van der Waals surface area contributed by atoms with Crippen LogP contribution in [-0.4, -0.2) is 37.1 Å². The minimum atomic E-state index is 0.638. The molecule has 2 rings (SSSR count). The molecule has 18 heavy (non-hydrogen) atoms. The summed E-state index contributed by atoms with van der Waals surface area (Å²) in [5.41, 5.74) is 0.638. The molecule has 1 atom stereocenters. The molecule has 0 aromatic rings. The van der Waals surface area contributed by atoms with Crippen LogP contribution in [0.15, 0.2) is 0 Å². The van der Waals surface area contributed by atoms with Crippen LogP contribution in [0.2, 0.25) is 0 Å². The molecule has 0 spiro atoms. The van der Waals surface area contributed by atoms with E-state index in [1.807, 2.05) is 0 Å². The number of likely N-dealkylation sites (tertiary alicyclic amines) is 1. The van der Waals surface area contributed by atoms with Gasteiger partial charge in [-0.15, -0.1) is 0 Å². The molecule has 1 saturated heterocycles. The van der Waals surface area contributed by atoms with E-state index in [1.54, 1.807) is 0 Å². The molecule has 2 fully saturated rings. The zero-order valence-electron chi connectivity index (χ0n) is 12.7. The highest BCUT2D eigenvalue weighted by molar-refractivity contribution is 4.93. The van der Waals surface area contributed by atoms with Gasteiger partial charge in [-0.1, -0.05) is 20.8 Å². The molecule has 1 saturated carbocycles. The van der Waals surface area contributed by atoms with Gasteiger partial charge < -0.3 is 10.2 Å². The molecule has 2 heteroatoms. The van der Waals surface area contributed by atoms with Gasteiger partial charge in [0.25, 0.3) is 0 Å². The van der Waals surface area contributed by atoms with Crippen molar-refractivity contribution in [2.45, 2.75) is 65.3 Å². The first kappa shape index (κ1) is 14.3. The molecule has 1 unspecified atom stereocenters. The van der Waals surface area contributed by atoms with Gasteiger partial charge in [0.1, 0.15) is 0 Å². The highest BCUT2D eigenvalue weighted by Gasteiger charge is 2.38. The Kier molecular flexibility index (Phi) is 5.08. The Morgan fingerprint density at radius 3 is 2.44 bits per heavy atom. The van der Waals surface area contributed by atoms with Crippen LogP contribution >= 0.6 is 0 Å². The lowest BCUT2D eigenvalue weighted by molar-refractivity contribution is 0.219. The lowest BCUT2D eigenvalue weighted by Crippen LogP contribution is -2.42. The van der Waals surface area contributed by atoms with Crippen molar-refractivity contribution in [2.75, 3.05) is 26.2 Å². The summed E-state index contributed by atoms with van der Waals surface area (Å²) < 4.78 is 0. The number of nitrogens with zero attached hydrogens (tertiary/aromatic N) is 1. The average molecular weight is 252 g/mol. The maximum absolute atomic E-state index is 3.78. The number of rotatable bonds is 8. The van der Waals surface area contributed by atoms with Gasteiger partial charge in [0.15, 0.2) is 0 Å². The maximum atomic E-state index is 3.78. The van der Waals surface area contributed by atoms with E-state index in [2.05, 4.69) is 31.0 Å². The third kappa shape index (κ3) is 3.48. The monoisotopic (exact) mass is 252 g/mol. The molecule has 106 valence electrons. The zero-order chi connectivity index (χ0) is 13.0. The first-order valence-corrected chi connectivity index (χ1v) is 8.18. The van der Waals surface area contributed by atoms with Crippen molar-refractivity contribution in [1.29, 1.82) is 0 Å². The Morgan fingerprint density at radius 1 is 1.22 bits per heavy atom. The van der Waals surface area contributed by atoms with Crippen LogP contribution < -0.4 is 5.32 Å². The summed E-state index contributed by atoms with van der Waals surface area (Å²) in [4.78, 5) is 2.73. The summed E-state index contributed by atoms with van der Waals surface area (Å²) in [6, 6.07) is 0.773. The van der Waals surface area contributed by atoms with Crippen LogP contribution in [0.1, 0.15) is 59.3 Å². The molecule has 1 aliphatic heterocycles. The topological polar surface area (TPSA) is 15.3 Å². The molecular formula is C16H32N2. The fourth-order valence-electron chi connectivity index (χ4n) is 3.50. The molecular weight excluding hydrogens is 220 g/mol. The van der Waals surface area contributed by atoms with Gasteiger partial charge in [0.2, 0.25) is 0 Å². The van der Waals surface area contributed by atoms with Crippen molar-refractivity contribution in [3.63, 3.8) is 0 Å². The predicted octanol–water partition coefficient (Wildman–Crippen LogP) is 3.28. The second kappa shape index (κ2) is 6.38. The third-order valence-electron chi connectivity index (χ3n) is 5.32. The largest absolute Gasteiger partial charge is 0.312 e. The standard InChI is InChI=1S/C16H32N2/c1-4-10-17-15(14-7-8-14)12-18-11-9-16(5-2,6-3)13-18/h14-15,17H,4-13H2,1-3H3. The van der Waals surface area contributed by atoms with E-state index in [4.69, 9.17) is 0 Å². The Morgan fingerprint density at radius 2 is 1.94 bits per heavy atom. The maximum Gasteiger partial charge on any atom is 0.0223 e. The van der Waals surface area contributed by atoms with E-state index in [0.717, 1.165) is 12.0 Å². The minimum Gasteiger partial charge on any atom is -0.312 e. The van der Waals surface area contributed by atoms with Crippen LogP contribution in [0.3, 0.4) is 0 Å². The van der Waals surface area contributed by atoms with Gasteiger partial charge in [0, 0.05) is 19.1 Å². The van der Waals surface area contributed by atoms with Crippen molar-refractivity contribution < 1.29 is 0 Å². The van der Waals surface area contributed by atoms with Crippen LogP contribution in [0.25, 0.3) is 0 Å². The number of hydrogen-bond donors (Lipinski definition) is 1. The van der Waals surface area contributed by atoms with Crippen LogP contribution in [-0.2, 0) is 0 Å². The first-order chi connectivity index (χ1) is 8.73. The summed E-state index contributed by atoms with van der Waals surface area (Å²) in [6.45, 7) is 12.2. The van der Waals surface area contributed by atoms with E-state index in [0.29, 0.717) is 5.41 Å². The Bertz CT molecular complexity index is 243. The lowest BCUT2D eigenvalue weighted by atomic mass is 9.82. The van der Waals surface area contributed by atoms with Crippen LogP contribution in [0, 0.1) is 11.3 Å². The normalized spacial score (nSPS) is 25.5. The Hall–Kier alpha value is -0.0800. The molecule has 0 radical (unpaired) electrons. The first-order valence-electron chi connectivity index (χ1n) is 8.18. The smallest absolute Gasteiger partial charge is 0.0223 e. The number of nitrogens with one attached hydrogen (secondary N) is 1. The van der Waals surface area contributed by atoms with Gasteiger partial charge in [-0.3, -0.25) is 0 Å². The van der Waals surface area contributed by atoms with E-state index in [1.165, 1.54) is 64.7 Å². The van der Waals surface area contributed by atoms with Crippen molar-refractivity contribution in [1.82, 2.24) is 10.2 Å². The second-order valence-electron chi connectivity index (χ2n) is 6.59. The predicted molar refractivity (Wildman–Crippen MR) is 78.9 cm³/mol. The fraction of sp³-hybridized carbons (Fsp3) is 1.00. The minimum absolute atomic E-state index is 0.638. The quantitative estimate of drug-likeness (QED) is 0.713. The van der Waals surface area contributed by atoms with Crippen molar-refractivity contribution in [3.05, 3.63) is 0 Å². The SMILES string of the molecule is CCCNC(CN1CCC(CC)(CC)C1)C1CC1. The van der Waals surface area contributed by atoms with Crippen molar-refractivity contribution >= 4 is 0 Å². The molecule has 0 aromatic heterocycles. The van der Waals surface area contributed by atoms with Gasteiger partial charge in [-0.2, -0.15) is 0 Å². The molecule has 0 amide bonds. The highest BCUT2D eigenvalue weighted by atomic mass is 15.2. The third-order valence-corrected chi connectivity index (χ3v) is 5.32. The van der Waals surface area contributed by atoms with Gasteiger partial charge in [-0.05, 0) is 62.9 Å². The summed E-state index contributed by atoms with van der Waals surface area (Å²) in [7, 11) is 0. The van der Waals surface area contributed by atoms with E-state index in [9.17, 15) is 0 Å². The average Bonchev–Trinajstić information content (AvgIpc) is 3.16. The fourth-order valence-corrected chi connectivity index (χ4v) is 3.50.